The minimum atomic E-state index is 0. The van der Waals surface area contributed by atoms with Crippen LogP contribution in [0.5, 0.6) is 0 Å². The van der Waals surface area contributed by atoms with Crippen LogP contribution in [0.3, 0.4) is 0 Å². The van der Waals surface area contributed by atoms with E-state index in [0.29, 0.717) is 0 Å². The van der Waals surface area contributed by atoms with E-state index < -0.39 is 0 Å². The molecule has 0 amide bonds. The van der Waals surface area contributed by atoms with Crippen LogP contribution in [0, 0.1) is 0 Å². The molecule has 0 atom stereocenters. The summed E-state index contributed by atoms with van der Waals surface area (Å²) >= 11 is 6.56. The Bertz CT molecular complexity index is 16.3. The van der Waals surface area contributed by atoms with Gasteiger partial charge in [-0.15, -0.1) is 0 Å². The molecule has 0 aromatic carbocycles. The molecule has 0 heterocycles. The third-order valence-corrected chi connectivity index (χ3v) is 1.39. The van der Waals surface area contributed by atoms with Gasteiger partial charge in [0.05, 0.1) is 0 Å². The van der Waals surface area contributed by atoms with Crippen molar-refractivity contribution in [3.8, 4) is 0 Å². The van der Waals surface area contributed by atoms with Crippen LogP contribution in [-0.4, -0.2) is 34.6 Å². The molecule has 0 bridgehead atoms. The van der Waals surface area contributed by atoms with Gasteiger partial charge in [0.2, 0.25) is 0 Å². The van der Waals surface area contributed by atoms with Crippen molar-refractivity contribution in [3.05, 3.63) is 0 Å². The van der Waals surface area contributed by atoms with E-state index in [1.54, 1.807) is 0 Å². The van der Waals surface area contributed by atoms with Crippen LogP contribution in [0.25, 0.3) is 0 Å². The Morgan fingerprint density at radius 1 is 1.00 bits per heavy atom. The second-order valence-corrected chi connectivity index (χ2v) is 2.32. The molecule has 0 saturated heterocycles. The standard InChI is InChI=1S/C3H6Br2.Sn/c4-2-1-3-5;/h1-3H2;. The van der Waals surface area contributed by atoms with E-state index in [1.165, 1.54) is 6.42 Å². The maximum Gasteiger partial charge on any atom is 0.00392 e. The fourth-order valence-electron chi connectivity index (χ4n) is 0.0505. The predicted molar refractivity (Wildman–Crippen MR) is 38.0 cm³/mol. The first kappa shape index (κ1) is 10.7. The second-order valence-electron chi connectivity index (χ2n) is 0.732. The van der Waals surface area contributed by atoms with Crippen molar-refractivity contribution in [1.82, 2.24) is 0 Å². The molecule has 0 spiro atoms. The second kappa shape index (κ2) is 9.90. The normalized spacial score (nSPS) is 7.00. The molecule has 6 heavy (non-hydrogen) atoms. The third-order valence-electron chi connectivity index (χ3n) is 0.267. The first-order valence-electron chi connectivity index (χ1n) is 1.53. The van der Waals surface area contributed by atoms with E-state index in [2.05, 4.69) is 31.9 Å². The van der Waals surface area contributed by atoms with Gasteiger partial charge in [-0.05, 0) is 6.42 Å². The van der Waals surface area contributed by atoms with Crippen molar-refractivity contribution < 1.29 is 0 Å². The minimum absolute atomic E-state index is 0. The van der Waals surface area contributed by atoms with Gasteiger partial charge in [-0.1, -0.05) is 31.9 Å². The van der Waals surface area contributed by atoms with Crippen molar-refractivity contribution in [2.45, 2.75) is 6.42 Å². The van der Waals surface area contributed by atoms with Crippen molar-refractivity contribution >= 4 is 55.8 Å². The quantitative estimate of drug-likeness (QED) is 0.537. The van der Waals surface area contributed by atoms with Gasteiger partial charge in [0.25, 0.3) is 0 Å². The largest absolute Gasteiger partial charge is 0.0928 e. The molecule has 0 N–H and O–H groups in total. The van der Waals surface area contributed by atoms with Crippen LogP contribution in [0.2, 0.25) is 0 Å². The fourth-order valence-corrected chi connectivity index (χ4v) is 1.36. The summed E-state index contributed by atoms with van der Waals surface area (Å²) in [5.41, 5.74) is 0. The Balaban J connectivity index is 0. The molecule has 0 saturated carbocycles. The summed E-state index contributed by atoms with van der Waals surface area (Å²) in [6.45, 7) is 0. The van der Waals surface area contributed by atoms with E-state index in [1.807, 2.05) is 0 Å². The van der Waals surface area contributed by atoms with Crippen molar-refractivity contribution in [3.63, 3.8) is 0 Å². The summed E-state index contributed by atoms with van der Waals surface area (Å²) in [4.78, 5) is 0. The summed E-state index contributed by atoms with van der Waals surface area (Å²) in [7, 11) is 0. The average Bonchev–Trinajstić information content (AvgIpc) is 1.41. The Labute approximate surface area is 72.3 Å². The molecule has 0 aliphatic heterocycles. The smallest absolute Gasteiger partial charge is 0.00392 e. The van der Waals surface area contributed by atoms with Gasteiger partial charge in [0, 0.05) is 34.6 Å². The van der Waals surface area contributed by atoms with Gasteiger partial charge < -0.3 is 0 Å². The Hall–Kier alpha value is 1.76. The minimum Gasteiger partial charge on any atom is -0.0928 e. The molecule has 0 aliphatic rings. The van der Waals surface area contributed by atoms with Crippen molar-refractivity contribution in [2.24, 2.45) is 0 Å². The summed E-state index contributed by atoms with van der Waals surface area (Å²) in [6.07, 6.45) is 1.22. The predicted octanol–water partition coefficient (Wildman–Crippen LogP) is 1.79. The molecule has 0 unspecified atom stereocenters. The molecular formula is C3H6Br2Sn. The van der Waals surface area contributed by atoms with Gasteiger partial charge in [0.15, 0.2) is 0 Å². The Morgan fingerprint density at radius 2 is 1.33 bits per heavy atom. The number of hydrogen-bond donors (Lipinski definition) is 0. The van der Waals surface area contributed by atoms with Crippen LogP contribution < -0.4 is 0 Å². The fraction of sp³-hybridized carbons (Fsp3) is 1.00. The zero-order chi connectivity index (χ0) is 4.12. The summed E-state index contributed by atoms with van der Waals surface area (Å²) < 4.78 is 0. The first-order chi connectivity index (χ1) is 2.41. The molecule has 0 aromatic rings. The van der Waals surface area contributed by atoms with Crippen LogP contribution in [0.15, 0.2) is 0 Å². The summed E-state index contributed by atoms with van der Waals surface area (Å²) in [5, 5.41) is 2.22. The monoisotopic (exact) mass is 320 g/mol. The number of rotatable bonds is 2. The zero-order valence-electron chi connectivity index (χ0n) is 3.38. The molecule has 4 radical (unpaired) electrons. The van der Waals surface area contributed by atoms with Crippen LogP contribution in [-0.2, 0) is 0 Å². The number of alkyl halides is 2. The molecule has 0 aromatic heterocycles. The topological polar surface area (TPSA) is 0 Å². The van der Waals surface area contributed by atoms with Crippen LogP contribution in [0.4, 0.5) is 0 Å². The van der Waals surface area contributed by atoms with E-state index in [0.717, 1.165) is 10.7 Å². The van der Waals surface area contributed by atoms with Gasteiger partial charge in [-0.25, -0.2) is 0 Å². The molecule has 0 nitrogen and oxygen atoms in total. The summed E-state index contributed by atoms with van der Waals surface area (Å²) in [5.74, 6) is 0. The van der Waals surface area contributed by atoms with E-state index >= 15 is 0 Å². The van der Waals surface area contributed by atoms with Crippen molar-refractivity contribution in [2.75, 3.05) is 10.7 Å². The zero-order valence-corrected chi connectivity index (χ0v) is 9.40. The third kappa shape index (κ3) is 9.23. The Kier molecular flexibility index (Phi) is 17.6. The maximum absolute atomic E-state index is 3.28. The van der Waals surface area contributed by atoms with E-state index in [9.17, 15) is 0 Å². The van der Waals surface area contributed by atoms with E-state index in [4.69, 9.17) is 0 Å². The molecular weight excluding hydrogens is 315 g/mol. The van der Waals surface area contributed by atoms with Gasteiger partial charge in [0.1, 0.15) is 0 Å². The van der Waals surface area contributed by atoms with E-state index in [-0.39, 0.29) is 23.9 Å². The first-order valence-corrected chi connectivity index (χ1v) is 3.78. The molecule has 0 rings (SSSR count). The maximum atomic E-state index is 3.28. The summed E-state index contributed by atoms with van der Waals surface area (Å²) in [6, 6.07) is 0. The van der Waals surface area contributed by atoms with Gasteiger partial charge in [-0.3, -0.25) is 0 Å². The number of halogens is 2. The van der Waals surface area contributed by atoms with Gasteiger partial charge >= 0.3 is 0 Å². The molecule has 36 valence electrons. The molecule has 0 aliphatic carbocycles. The van der Waals surface area contributed by atoms with Gasteiger partial charge in [-0.2, -0.15) is 0 Å². The SMILES string of the molecule is BrCCCBr.[Sn]. The van der Waals surface area contributed by atoms with Crippen LogP contribution >= 0.6 is 31.9 Å². The average molecular weight is 321 g/mol. The number of hydrogen-bond acceptors (Lipinski definition) is 0. The van der Waals surface area contributed by atoms with Crippen LogP contribution in [0.1, 0.15) is 6.42 Å². The molecule has 0 fully saturated rings. The molecule has 3 heteroatoms. The van der Waals surface area contributed by atoms with Crippen molar-refractivity contribution in [1.29, 1.82) is 0 Å². The Morgan fingerprint density at radius 3 is 1.33 bits per heavy atom.